The van der Waals surface area contributed by atoms with Crippen LogP contribution in [-0.2, 0) is 32.3 Å². The molecule has 0 saturated carbocycles. The van der Waals surface area contributed by atoms with Gasteiger partial charge in [0.05, 0.1) is 12.0 Å². The Labute approximate surface area is 321 Å². The van der Waals surface area contributed by atoms with Crippen LogP contribution in [0.25, 0.3) is 0 Å². The standard InChI is InChI=1S/C44H45N5O6/c1-32(35-22-11-4-12-23-35)46-40(50)38(47-41(51)39(36-24-13-5-14-25-36)37-26-15-6-16-27-37)28-17-29-45-42(48-43(52)54-30-33-18-7-2-8-19-33)49-44(53)55-31-34-20-9-3-10-21-34/h2-16,18-27,32,38-39H,17,28-31H2,1H3,(H,46,50)(H,47,51)(H2,45,48,49,52,53)/t32-,38-/m1/s1. The molecule has 0 aliphatic heterocycles. The van der Waals surface area contributed by atoms with Crippen LogP contribution in [0.5, 0.6) is 0 Å². The van der Waals surface area contributed by atoms with Crippen LogP contribution in [0.15, 0.2) is 157 Å². The lowest BCUT2D eigenvalue weighted by Crippen LogP contribution is -2.48. The van der Waals surface area contributed by atoms with Crippen molar-refractivity contribution in [2.24, 2.45) is 4.99 Å². The summed E-state index contributed by atoms with van der Waals surface area (Å²) in [6, 6.07) is 45.4. The van der Waals surface area contributed by atoms with Crippen molar-refractivity contribution in [2.75, 3.05) is 6.54 Å². The Morgan fingerprint density at radius 3 is 1.42 bits per heavy atom. The molecule has 55 heavy (non-hydrogen) atoms. The minimum Gasteiger partial charge on any atom is -0.444 e. The molecule has 11 nitrogen and oxygen atoms in total. The highest BCUT2D eigenvalue weighted by Crippen LogP contribution is 2.25. The van der Waals surface area contributed by atoms with Gasteiger partial charge in [-0.05, 0) is 47.6 Å². The lowest BCUT2D eigenvalue weighted by molar-refractivity contribution is -0.129. The first-order chi connectivity index (χ1) is 26.9. The molecule has 4 amide bonds. The van der Waals surface area contributed by atoms with Gasteiger partial charge >= 0.3 is 12.2 Å². The molecule has 0 radical (unpaired) electrons. The largest absolute Gasteiger partial charge is 0.444 e. The predicted octanol–water partition coefficient (Wildman–Crippen LogP) is 7.17. The zero-order chi connectivity index (χ0) is 38.7. The number of hydrogen-bond acceptors (Lipinski definition) is 7. The second-order valence-corrected chi connectivity index (χ2v) is 12.7. The van der Waals surface area contributed by atoms with E-state index in [4.69, 9.17) is 9.47 Å². The molecule has 0 saturated heterocycles. The van der Waals surface area contributed by atoms with Crippen LogP contribution in [0.2, 0.25) is 0 Å². The molecule has 0 aliphatic carbocycles. The lowest BCUT2D eigenvalue weighted by Gasteiger charge is -2.25. The zero-order valence-corrected chi connectivity index (χ0v) is 30.6. The third-order valence-electron chi connectivity index (χ3n) is 8.61. The van der Waals surface area contributed by atoms with E-state index in [1.807, 2.05) is 159 Å². The third kappa shape index (κ3) is 13.0. The zero-order valence-electron chi connectivity index (χ0n) is 30.6. The van der Waals surface area contributed by atoms with Gasteiger partial charge in [-0.2, -0.15) is 0 Å². The van der Waals surface area contributed by atoms with E-state index < -0.39 is 24.1 Å². The van der Waals surface area contributed by atoms with Gasteiger partial charge in [-0.15, -0.1) is 0 Å². The number of hydrogen-bond donors (Lipinski definition) is 4. The molecule has 5 rings (SSSR count). The van der Waals surface area contributed by atoms with Crippen molar-refractivity contribution in [3.8, 4) is 0 Å². The van der Waals surface area contributed by atoms with Crippen LogP contribution in [0.3, 0.4) is 0 Å². The summed E-state index contributed by atoms with van der Waals surface area (Å²) < 4.78 is 10.7. The summed E-state index contributed by atoms with van der Waals surface area (Å²) >= 11 is 0. The van der Waals surface area contributed by atoms with Crippen molar-refractivity contribution in [2.45, 2.75) is 51.0 Å². The smallest absolute Gasteiger partial charge is 0.414 e. The second kappa shape index (κ2) is 21.1. The molecule has 5 aromatic carbocycles. The van der Waals surface area contributed by atoms with Crippen molar-refractivity contribution in [3.05, 3.63) is 179 Å². The number of benzene rings is 5. The molecule has 4 N–H and O–H groups in total. The lowest BCUT2D eigenvalue weighted by atomic mass is 9.90. The highest BCUT2D eigenvalue weighted by atomic mass is 16.6. The fourth-order valence-electron chi connectivity index (χ4n) is 5.76. The van der Waals surface area contributed by atoms with Gasteiger partial charge in [0.2, 0.25) is 17.8 Å². The monoisotopic (exact) mass is 739 g/mol. The number of rotatable bonds is 15. The summed E-state index contributed by atoms with van der Waals surface area (Å²) in [7, 11) is 0. The average Bonchev–Trinajstić information content (AvgIpc) is 3.22. The van der Waals surface area contributed by atoms with Crippen molar-refractivity contribution in [3.63, 3.8) is 0 Å². The quantitative estimate of drug-likeness (QED) is 0.0509. The van der Waals surface area contributed by atoms with Crippen molar-refractivity contribution >= 4 is 30.0 Å². The molecule has 0 aromatic heterocycles. The SMILES string of the molecule is C[C@@H](NC(=O)[C@@H](CCCN=C(NC(=O)OCc1ccccc1)NC(=O)OCc1ccccc1)NC(=O)C(c1ccccc1)c1ccccc1)c1ccccc1. The number of amides is 4. The summed E-state index contributed by atoms with van der Waals surface area (Å²) in [4.78, 5) is 57.8. The Kier molecular flexibility index (Phi) is 15.1. The Bertz CT molecular complexity index is 1880. The minimum absolute atomic E-state index is 0.00323. The summed E-state index contributed by atoms with van der Waals surface area (Å²) in [5.74, 6) is -1.54. The van der Waals surface area contributed by atoms with E-state index in [1.54, 1.807) is 0 Å². The Morgan fingerprint density at radius 2 is 0.964 bits per heavy atom. The maximum Gasteiger partial charge on any atom is 0.414 e. The number of alkyl carbamates (subject to hydrolysis) is 2. The molecule has 0 unspecified atom stereocenters. The van der Waals surface area contributed by atoms with E-state index in [0.717, 1.165) is 27.8 Å². The highest BCUT2D eigenvalue weighted by molar-refractivity contribution is 6.01. The van der Waals surface area contributed by atoms with Crippen molar-refractivity contribution in [1.82, 2.24) is 21.3 Å². The highest BCUT2D eigenvalue weighted by Gasteiger charge is 2.28. The van der Waals surface area contributed by atoms with Gasteiger partial charge in [0.15, 0.2) is 0 Å². The van der Waals surface area contributed by atoms with Crippen molar-refractivity contribution in [1.29, 1.82) is 0 Å². The van der Waals surface area contributed by atoms with Gasteiger partial charge in [0.1, 0.15) is 19.3 Å². The molecule has 11 heteroatoms. The van der Waals surface area contributed by atoms with E-state index in [0.29, 0.717) is 6.42 Å². The third-order valence-corrected chi connectivity index (χ3v) is 8.61. The fourth-order valence-corrected chi connectivity index (χ4v) is 5.76. The molecule has 0 bridgehead atoms. The number of nitrogens with zero attached hydrogens (tertiary/aromatic N) is 1. The van der Waals surface area contributed by atoms with Gasteiger partial charge in [0, 0.05) is 6.54 Å². The van der Waals surface area contributed by atoms with E-state index in [-0.39, 0.29) is 50.0 Å². The number of carbonyl (C=O) groups excluding carboxylic acids is 4. The van der Waals surface area contributed by atoms with Crippen LogP contribution in [0, 0.1) is 0 Å². The Morgan fingerprint density at radius 1 is 0.545 bits per heavy atom. The van der Waals surface area contributed by atoms with Gasteiger partial charge < -0.3 is 20.1 Å². The van der Waals surface area contributed by atoms with Crippen LogP contribution in [-0.4, -0.2) is 42.5 Å². The van der Waals surface area contributed by atoms with E-state index in [2.05, 4.69) is 26.3 Å². The predicted molar refractivity (Wildman–Crippen MR) is 211 cm³/mol. The molecule has 0 aliphatic rings. The topological polar surface area (TPSA) is 147 Å². The summed E-state index contributed by atoms with van der Waals surface area (Å²) in [6.45, 7) is 1.96. The summed E-state index contributed by atoms with van der Waals surface area (Å²) in [5, 5.41) is 11.0. The molecule has 0 heterocycles. The molecule has 2 atom stereocenters. The number of carbonyl (C=O) groups is 4. The van der Waals surface area contributed by atoms with Crippen LogP contribution < -0.4 is 21.3 Å². The van der Waals surface area contributed by atoms with Gasteiger partial charge in [-0.25, -0.2) is 9.59 Å². The molecule has 282 valence electrons. The van der Waals surface area contributed by atoms with Gasteiger partial charge in [-0.1, -0.05) is 152 Å². The first kappa shape index (κ1) is 39.5. The van der Waals surface area contributed by atoms with E-state index in [1.165, 1.54) is 0 Å². The fraction of sp³-hybridized carbons (Fsp3) is 0.205. The first-order valence-electron chi connectivity index (χ1n) is 18.1. The van der Waals surface area contributed by atoms with Crippen LogP contribution in [0.1, 0.15) is 59.5 Å². The first-order valence-corrected chi connectivity index (χ1v) is 18.1. The average molecular weight is 740 g/mol. The van der Waals surface area contributed by atoms with Gasteiger partial charge in [-0.3, -0.25) is 25.2 Å². The molecular weight excluding hydrogens is 695 g/mol. The number of aliphatic imine (C=N–C) groups is 1. The molecular formula is C44H45N5O6. The number of nitrogens with one attached hydrogen (secondary N) is 4. The second-order valence-electron chi connectivity index (χ2n) is 12.7. The Hall–Kier alpha value is -6.75. The maximum absolute atomic E-state index is 14.1. The van der Waals surface area contributed by atoms with E-state index >= 15 is 0 Å². The molecule has 0 spiro atoms. The molecule has 0 fully saturated rings. The number of ether oxygens (including phenoxy) is 2. The van der Waals surface area contributed by atoms with Crippen LogP contribution in [0.4, 0.5) is 9.59 Å². The van der Waals surface area contributed by atoms with E-state index in [9.17, 15) is 19.2 Å². The number of guanidine groups is 1. The summed E-state index contributed by atoms with van der Waals surface area (Å²) in [6.07, 6.45) is -1.18. The van der Waals surface area contributed by atoms with Gasteiger partial charge in [0.25, 0.3) is 0 Å². The summed E-state index contributed by atoms with van der Waals surface area (Å²) in [5.41, 5.74) is 4.04. The van der Waals surface area contributed by atoms with Crippen LogP contribution >= 0.6 is 0 Å². The normalized spacial score (nSPS) is 11.7. The molecule has 5 aromatic rings. The Balaban J connectivity index is 1.29. The maximum atomic E-state index is 14.1. The minimum atomic E-state index is -0.931. The van der Waals surface area contributed by atoms with Crippen molar-refractivity contribution < 1.29 is 28.7 Å².